The molecule has 1 aliphatic heterocycles. The van der Waals surface area contributed by atoms with Crippen LogP contribution >= 0.6 is 11.3 Å². The molecule has 0 bridgehead atoms. The molecule has 2 heterocycles. The molecule has 1 amide bonds. The van der Waals surface area contributed by atoms with E-state index < -0.39 is 17.6 Å². The minimum atomic E-state index is -4.54. The SMILES string of the molecule is CC(C)(C)c1csc(CN2CCN(C(=O)c3ccccc3C(F)(F)F)CC2)n1. The number of hydrogen-bond acceptors (Lipinski definition) is 4. The van der Waals surface area contributed by atoms with Crippen molar-refractivity contribution in [2.75, 3.05) is 26.2 Å². The summed E-state index contributed by atoms with van der Waals surface area (Å²) in [6, 6.07) is 4.98. The summed E-state index contributed by atoms with van der Waals surface area (Å²) in [6.45, 7) is 9.10. The lowest BCUT2D eigenvalue weighted by atomic mass is 9.93. The van der Waals surface area contributed by atoms with Crippen molar-refractivity contribution in [3.63, 3.8) is 0 Å². The van der Waals surface area contributed by atoms with Crippen molar-refractivity contribution in [3.8, 4) is 0 Å². The van der Waals surface area contributed by atoms with Crippen LogP contribution in [0.5, 0.6) is 0 Å². The van der Waals surface area contributed by atoms with E-state index in [4.69, 9.17) is 0 Å². The van der Waals surface area contributed by atoms with Crippen LogP contribution in [-0.4, -0.2) is 46.9 Å². The van der Waals surface area contributed by atoms with Crippen LogP contribution in [0.3, 0.4) is 0 Å². The quantitative estimate of drug-likeness (QED) is 0.750. The topological polar surface area (TPSA) is 36.4 Å². The number of carbonyl (C=O) groups is 1. The molecule has 152 valence electrons. The lowest BCUT2D eigenvalue weighted by Crippen LogP contribution is -2.48. The van der Waals surface area contributed by atoms with Gasteiger partial charge in [-0.3, -0.25) is 9.69 Å². The third kappa shape index (κ3) is 4.72. The molecule has 2 aromatic rings. The van der Waals surface area contributed by atoms with E-state index in [2.05, 4.69) is 36.0 Å². The molecule has 1 fully saturated rings. The van der Waals surface area contributed by atoms with Gasteiger partial charge < -0.3 is 4.90 Å². The van der Waals surface area contributed by atoms with Crippen LogP contribution < -0.4 is 0 Å². The Labute approximate surface area is 167 Å². The maximum absolute atomic E-state index is 13.2. The van der Waals surface area contributed by atoms with Gasteiger partial charge in [0.15, 0.2) is 0 Å². The van der Waals surface area contributed by atoms with E-state index in [0.717, 1.165) is 16.8 Å². The van der Waals surface area contributed by atoms with Crippen molar-refractivity contribution in [2.45, 2.75) is 38.9 Å². The number of rotatable bonds is 3. The molecule has 8 heteroatoms. The third-order valence-corrected chi connectivity index (χ3v) is 5.63. The fourth-order valence-corrected chi connectivity index (χ4v) is 4.18. The predicted octanol–water partition coefficient (Wildman–Crippen LogP) is 4.42. The maximum atomic E-state index is 13.2. The van der Waals surface area contributed by atoms with Gasteiger partial charge in [0, 0.05) is 37.0 Å². The number of piperazine rings is 1. The van der Waals surface area contributed by atoms with Crippen molar-refractivity contribution < 1.29 is 18.0 Å². The molecule has 1 aliphatic rings. The van der Waals surface area contributed by atoms with Gasteiger partial charge in [0.2, 0.25) is 0 Å². The largest absolute Gasteiger partial charge is 0.417 e. The van der Waals surface area contributed by atoms with Gasteiger partial charge in [0.05, 0.1) is 23.4 Å². The normalized spacial score (nSPS) is 16.4. The first-order valence-electron chi connectivity index (χ1n) is 9.18. The smallest absolute Gasteiger partial charge is 0.336 e. The minimum Gasteiger partial charge on any atom is -0.336 e. The van der Waals surface area contributed by atoms with Gasteiger partial charge in [0.1, 0.15) is 5.01 Å². The van der Waals surface area contributed by atoms with Gasteiger partial charge in [-0.2, -0.15) is 13.2 Å². The molecule has 0 aliphatic carbocycles. The summed E-state index contributed by atoms with van der Waals surface area (Å²) in [4.78, 5) is 21.0. The Morgan fingerprint density at radius 2 is 1.75 bits per heavy atom. The minimum absolute atomic E-state index is 0.00570. The van der Waals surface area contributed by atoms with Gasteiger partial charge in [-0.25, -0.2) is 4.98 Å². The Hall–Kier alpha value is -1.93. The number of benzene rings is 1. The standard InChI is InChI=1S/C20H24F3N3OS/c1-19(2,3)16-13-28-17(24-16)12-25-8-10-26(11-9-25)18(27)14-6-4-5-7-15(14)20(21,22)23/h4-7,13H,8-12H2,1-3H3. The zero-order valence-electron chi connectivity index (χ0n) is 16.2. The van der Waals surface area contributed by atoms with Crippen molar-refractivity contribution >= 4 is 17.2 Å². The Morgan fingerprint density at radius 3 is 2.32 bits per heavy atom. The molecule has 0 N–H and O–H groups in total. The van der Waals surface area contributed by atoms with Crippen molar-refractivity contribution in [2.24, 2.45) is 0 Å². The van der Waals surface area contributed by atoms with Gasteiger partial charge in [-0.1, -0.05) is 32.9 Å². The summed E-state index contributed by atoms with van der Waals surface area (Å²) >= 11 is 1.62. The van der Waals surface area contributed by atoms with E-state index in [0.29, 0.717) is 32.7 Å². The summed E-state index contributed by atoms with van der Waals surface area (Å²) in [5, 5.41) is 3.09. The lowest BCUT2D eigenvalue weighted by molar-refractivity contribution is -0.138. The summed E-state index contributed by atoms with van der Waals surface area (Å²) in [7, 11) is 0. The summed E-state index contributed by atoms with van der Waals surface area (Å²) in [6.07, 6.45) is -4.54. The number of carbonyl (C=O) groups excluding carboxylic acids is 1. The second kappa shape index (κ2) is 7.83. The van der Waals surface area contributed by atoms with Crippen LogP contribution in [0.15, 0.2) is 29.6 Å². The summed E-state index contributed by atoms with van der Waals surface area (Å²) in [5.74, 6) is -0.558. The Balaban J connectivity index is 1.61. The first-order valence-corrected chi connectivity index (χ1v) is 10.1. The van der Waals surface area contributed by atoms with Crippen LogP contribution in [0, 0.1) is 0 Å². The molecule has 0 radical (unpaired) electrons. The van der Waals surface area contributed by atoms with Crippen LogP contribution in [0.1, 0.15) is 47.4 Å². The molecular formula is C20H24F3N3OS. The van der Waals surface area contributed by atoms with Crippen LogP contribution in [0.2, 0.25) is 0 Å². The molecule has 0 spiro atoms. The van der Waals surface area contributed by atoms with Crippen molar-refractivity contribution in [1.82, 2.24) is 14.8 Å². The Morgan fingerprint density at radius 1 is 1.11 bits per heavy atom. The van der Waals surface area contributed by atoms with Crippen LogP contribution in [-0.2, 0) is 18.1 Å². The average molecular weight is 411 g/mol. The van der Waals surface area contributed by atoms with Gasteiger partial charge in [-0.15, -0.1) is 11.3 Å². The van der Waals surface area contributed by atoms with E-state index in [1.54, 1.807) is 11.3 Å². The van der Waals surface area contributed by atoms with Crippen molar-refractivity contribution in [1.29, 1.82) is 0 Å². The van der Waals surface area contributed by atoms with E-state index in [1.807, 2.05) is 0 Å². The highest BCUT2D eigenvalue weighted by atomic mass is 32.1. The molecule has 4 nitrogen and oxygen atoms in total. The molecule has 3 rings (SSSR count). The molecule has 1 aromatic heterocycles. The molecule has 0 saturated carbocycles. The molecule has 0 unspecified atom stereocenters. The Kier molecular flexibility index (Phi) is 5.82. The predicted molar refractivity (Wildman–Crippen MR) is 103 cm³/mol. The third-order valence-electron chi connectivity index (χ3n) is 4.80. The average Bonchev–Trinajstić information content (AvgIpc) is 3.10. The number of halogens is 3. The number of amides is 1. The first kappa shape index (κ1) is 20.8. The fourth-order valence-electron chi connectivity index (χ4n) is 3.12. The molecule has 1 saturated heterocycles. The number of nitrogens with zero attached hydrogens (tertiary/aromatic N) is 3. The van der Waals surface area contributed by atoms with Gasteiger partial charge in [0.25, 0.3) is 5.91 Å². The first-order chi connectivity index (χ1) is 13.1. The zero-order chi connectivity index (χ0) is 20.5. The van der Waals surface area contributed by atoms with Crippen LogP contribution in [0.4, 0.5) is 13.2 Å². The monoisotopic (exact) mass is 411 g/mol. The highest BCUT2D eigenvalue weighted by Gasteiger charge is 2.36. The lowest BCUT2D eigenvalue weighted by Gasteiger charge is -2.34. The molecular weight excluding hydrogens is 387 g/mol. The highest BCUT2D eigenvalue weighted by molar-refractivity contribution is 7.09. The van der Waals surface area contributed by atoms with E-state index >= 15 is 0 Å². The fraction of sp³-hybridized carbons (Fsp3) is 0.500. The zero-order valence-corrected chi connectivity index (χ0v) is 17.0. The maximum Gasteiger partial charge on any atom is 0.417 e. The molecule has 1 aromatic carbocycles. The number of alkyl halides is 3. The summed E-state index contributed by atoms with van der Waals surface area (Å²) < 4.78 is 39.5. The molecule has 0 atom stereocenters. The number of thiazole rings is 1. The van der Waals surface area contributed by atoms with E-state index in [9.17, 15) is 18.0 Å². The number of hydrogen-bond donors (Lipinski definition) is 0. The summed E-state index contributed by atoms with van der Waals surface area (Å²) in [5.41, 5.74) is -0.0886. The van der Waals surface area contributed by atoms with Gasteiger partial charge >= 0.3 is 6.18 Å². The van der Waals surface area contributed by atoms with Gasteiger partial charge in [-0.05, 0) is 12.1 Å². The second-order valence-electron chi connectivity index (χ2n) is 7.99. The molecule has 28 heavy (non-hydrogen) atoms. The highest BCUT2D eigenvalue weighted by Crippen LogP contribution is 2.32. The van der Waals surface area contributed by atoms with Crippen LogP contribution in [0.25, 0.3) is 0 Å². The Bertz CT molecular complexity index is 834. The number of aromatic nitrogens is 1. The van der Waals surface area contributed by atoms with E-state index in [1.165, 1.54) is 23.1 Å². The van der Waals surface area contributed by atoms with E-state index in [-0.39, 0.29) is 11.0 Å². The van der Waals surface area contributed by atoms with Crippen molar-refractivity contribution in [3.05, 3.63) is 51.5 Å². The second-order valence-corrected chi connectivity index (χ2v) is 8.93.